The molecule has 0 radical (unpaired) electrons. The number of hydrogen-bond donors (Lipinski definition) is 2. The van der Waals surface area contributed by atoms with Crippen LogP contribution in [0.15, 0.2) is 23.2 Å². The van der Waals surface area contributed by atoms with Gasteiger partial charge in [0.05, 0.1) is 19.8 Å². The first-order chi connectivity index (χ1) is 14.1. The van der Waals surface area contributed by atoms with Crippen LogP contribution in [0.5, 0.6) is 11.5 Å². The van der Waals surface area contributed by atoms with Gasteiger partial charge in [-0.2, -0.15) is 0 Å². The third-order valence-corrected chi connectivity index (χ3v) is 4.66. The number of rotatable bonds is 9. The zero-order valence-corrected chi connectivity index (χ0v) is 17.8. The van der Waals surface area contributed by atoms with Gasteiger partial charge in [0.25, 0.3) is 0 Å². The fourth-order valence-corrected chi connectivity index (χ4v) is 3.23. The Morgan fingerprint density at radius 3 is 2.48 bits per heavy atom. The lowest BCUT2D eigenvalue weighted by Gasteiger charge is -2.31. The van der Waals surface area contributed by atoms with Gasteiger partial charge in [-0.25, -0.2) is 4.79 Å². The molecule has 29 heavy (non-hydrogen) atoms. The van der Waals surface area contributed by atoms with Gasteiger partial charge >= 0.3 is 6.09 Å². The van der Waals surface area contributed by atoms with Gasteiger partial charge in [0.15, 0.2) is 17.5 Å². The molecule has 1 aliphatic rings. The van der Waals surface area contributed by atoms with E-state index in [2.05, 4.69) is 10.3 Å². The first-order valence-corrected chi connectivity index (χ1v) is 10.4. The quantitative estimate of drug-likeness (QED) is 0.483. The summed E-state index contributed by atoms with van der Waals surface area (Å²) in [4.78, 5) is 17.9. The second-order valence-corrected chi connectivity index (χ2v) is 6.77. The third-order valence-electron chi connectivity index (χ3n) is 4.66. The van der Waals surface area contributed by atoms with Crippen LogP contribution in [0.4, 0.5) is 4.79 Å². The molecule has 1 aromatic carbocycles. The monoisotopic (exact) mass is 406 g/mol. The zero-order chi connectivity index (χ0) is 21.1. The van der Waals surface area contributed by atoms with Crippen LogP contribution in [0.1, 0.15) is 39.2 Å². The number of likely N-dealkylation sites (tertiary alicyclic amines) is 1. The molecular formula is C21H34N4O4. The molecule has 0 spiro atoms. The second kappa shape index (κ2) is 12.0. The van der Waals surface area contributed by atoms with Gasteiger partial charge in [-0.05, 0) is 57.7 Å². The molecule has 0 atom stereocenters. The SMILES string of the molecule is CCOC(=O)N1CCC(NC(N)=NCCc2ccc(OCC)c(OCC)c2)CC1. The first-order valence-electron chi connectivity index (χ1n) is 10.4. The molecule has 1 heterocycles. The molecular weight excluding hydrogens is 372 g/mol. The number of piperidine rings is 1. The van der Waals surface area contributed by atoms with E-state index in [4.69, 9.17) is 19.9 Å². The highest BCUT2D eigenvalue weighted by molar-refractivity contribution is 5.78. The summed E-state index contributed by atoms with van der Waals surface area (Å²) in [6, 6.07) is 6.18. The van der Waals surface area contributed by atoms with E-state index >= 15 is 0 Å². The van der Waals surface area contributed by atoms with Crippen molar-refractivity contribution in [3.05, 3.63) is 23.8 Å². The number of carbonyl (C=O) groups is 1. The molecule has 0 unspecified atom stereocenters. The van der Waals surface area contributed by atoms with Crippen LogP contribution in [0.2, 0.25) is 0 Å². The van der Waals surface area contributed by atoms with E-state index in [1.54, 1.807) is 4.90 Å². The van der Waals surface area contributed by atoms with E-state index in [0.717, 1.165) is 36.3 Å². The lowest BCUT2D eigenvalue weighted by Crippen LogP contribution is -2.48. The van der Waals surface area contributed by atoms with Crippen molar-refractivity contribution in [2.24, 2.45) is 10.7 Å². The first kappa shape index (κ1) is 22.6. The molecule has 0 aliphatic carbocycles. The van der Waals surface area contributed by atoms with E-state index in [-0.39, 0.29) is 12.1 Å². The summed E-state index contributed by atoms with van der Waals surface area (Å²) in [7, 11) is 0. The minimum absolute atomic E-state index is 0.222. The number of hydrogen-bond acceptors (Lipinski definition) is 5. The molecule has 1 amide bonds. The van der Waals surface area contributed by atoms with Crippen LogP contribution >= 0.6 is 0 Å². The van der Waals surface area contributed by atoms with Crippen molar-refractivity contribution in [1.29, 1.82) is 0 Å². The number of nitrogens with zero attached hydrogens (tertiary/aromatic N) is 2. The Labute approximate surface area is 173 Å². The number of carbonyl (C=O) groups excluding carboxylic acids is 1. The van der Waals surface area contributed by atoms with Crippen molar-refractivity contribution in [2.45, 2.75) is 46.1 Å². The molecule has 0 bridgehead atoms. The fourth-order valence-electron chi connectivity index (χ4n) is 3.23. The summed E-state index contributed by atoms with van der Waals surface area (Å²) in [6.07, 6.45) is 2.17. The average molecular weight is 407 g/mol. The number of ether oxygens (including phenoxy) is 3. The van der Waals surface area contributed by atoms with Crippen molar-refractivity contribution in [3.63, 3.8) is 0 Å². The van der Waals surface area contributed by atoms with Crippen LogP contribution in [0, 0.1) is 0 Å². The number of nitrogens with one attached hydrogen (secondary N) is 1. The number of aliphatic imine (C=N–C) groups is 1. The van der Waals surface area contributed by atoms with Gasteiger partial charge in [0.1, 0.15) is 0 Å². The van der Waals surface area contributed by atoms with Crippen LogP contribution in [-0.4, -0.2) is 62.4 Å². The molecule has 0 aromatic heterocycles. The molecule has 8 heteroatoms. The average Bonchev–Trinajstić information content (AvgIpc) is 2.71. The Balaban J connectivity index is 1.79. The fraction of sp³-hybridized carbons (Fsp3) is 0.619. The number of benzene rings is 1. The summed E-state index contributed by atoms with van der Waals surface area (Å²) in [5.74, 6) is 1.96. The van der Waals surface area contributed by atoms with Crippen LogP contribution in [0.3, 0.4) is 0 Å². The summed E-state index contributed by atoms with van der Waals surface area (Å²) >= 11 is 0. The predicted octanol–water partition coefficient (Wildman–Crippen LogP) is 2.55. The topological polar surface area (TPSA) is 98.4 Å². The largest absolute Gasteiger partial charge is 0.490 e. The molecule has 1 saturated heterocycles. The van der Waals surface area contributed by atoms with Crippen LogP contribution in [-0.2, 0) is 11.2 Å². The predicted molar refractivity (Wildman–Crippen MR) is 114 cm³/mol. The normalized spacial score (nSPS) is 15.1. The smallest absolute Gasteiger partial charge is 0.409 e. The molecule has 2 rings (SSSR count). The van der Waals surface area contributed by atoms with Gasteiger partial charge in [0.2, 0.25) is 0 Å². The van der Waals surface area contributed by atoms with Crippen LogP contribution in [0.25, 0.3) is 0 Å². The van der Waals surface area contributed by atoms with Crippen molar-refractivity contribution >= 4 is 12.1 Å². The number of amides is 1. The molecule has 162 valence electrons. The van der Waals surface area contributed by atoms with E-state index in [1.807, 2.05) is 39.0 Å². The summed E-state index contributed by atoms with van der Waals surface area (Å²) < 4.78 is 16.3. The second-order valence-electron chi connectivity index (χ2n) is 6.77. The minimum Gasteiger partial charge on any atom is -0.490 e. The maximum atomic E-state index is 11.7. The molecule has 1 aromatic rings. The van der Waals surface area contributed by atoms with Gasteiger partial charge < -0.3 is 30.2 Å². The molecule has 1 aliphatic heterocycles. The van der Waals surface area contributed by atoms with Gasteiger partial charge in [-0.15, -0.1) is 0 Å². The van der Waals surface area contributed by atoms with Crippen LogP contribution < -0.4 is 20.5 Å². The lowest BCUT2D eigenvalue weighted by atomic mass is 10.1. The zero-order valence-electron chi connectivity index (χ0n) is 17.8. The number of nitrogens with two attached hydrogens (primary N) is 1. The van der Waals surface area contributed by atoms with E-state index in [9.17, 15) is 4.79 Å². The van der Waals surface area contributed by atoms with E-state index < -0.39 is 0 Å². The van der Waals surface area contributed by atoms with Crippen molar-refractivity contribution in [1.82, 2.24) is 10.2 Å². The molecule has 3 N–H and O–H groups in total. The Morgan fingerprint density at radius 2 is 1.83 bits per heavy atom. The molecule has 1 fully saturated rings. The highest BCUT2D eigenvalue weighted by Crippen LogP contribution is 2.28. The molecule has 8 nitrogen and oxygen atoms in total. The van der Waals surface area contributed by atoms with E-state index in [0.29, 0.717) is 45.4 Å². The minimum atomic E-state index is -0.241. The Bertz CT molecular complexity index is 673. The van der Waals surface area contributed by atoms with Gasteiger partial charge in [-0.3, -0.25) is 4.99 Å². The van der Waals surface area contributed by atoms with Crippen molar-refractivity contribution < 1.29 is 19.0 Å². The maximum Gasteiger partial charge on any atom is 0.409 e. The molecule has 0 saturated carbocycles. The lowest BCUT2D eigenvalue weighted by molar-refractivity contribution is 0.0963. The maximum absolute atomic E-state index is 11.7. The van der Waals surface area contributed by atoms with Crippen molar-refractivity contribution in [2.75, 3.05) is 39.5 Å². The summed E-state index contributed by atoms with van der Waals surface area (Å²) in [5.41, 5.74) is 7.16. The standard InChI is InChI=1S/C21H34N4O4/c1-4-27-18-8-7-16(15-19(18)28-5-2)9-12-23-20(22)24-17-10-13-25(14-11-17)21(26)29-6-3/h7-8,15,17H,4-6,9-14H2,1-3H3,(H3,22,23,24). The highest BCUT2D eigenvalue weighted by atomic mass is 16.6. The Kier molecular flexibility index (Phi) is 9.40. The Morgan fingerprint density at radius 1 is 1.14 bits per heavy atom. The Hall–Kier alpha value is -2.64. The summed E-state index contributed by atoms with van der Waals surface area (Å²) in [6.45, 7) is 9.22. The third kappa shape index (κ3) is 7.36. The van der Waals surface area contributed by atoms with E-state index in [1.165, 1.54) is 0 Å². The van der Waals surface area contributed by atoms with Crippen molar-refractivity contribution in [3.8, 4) is 11.5 Å². The van der Waals surface area contributed by atoms with Gasteiger partial charge in [-0.1, -0.05) is 6.07 Å². The highest BCUT2D eigenvalue weighted by Gasteiger charge is 2.23. The number of guanidine groups is 1. The van der Waals surface area contributed by atoms with Gasteiger partial charge in [0, 0.05) is 25.7 Å². The summed E-state index contributed by atoms with van der Waals surface area (Å²) in [5, 5.41) is 3.26.